The van der Waals surface area contributed by atoms with Crippen LogP contribution in [0.25, 0.3) is 88.9 Å². The van der Waals surface area contributed by atoms with E-state index in [1.54, 1.807) is 0 Å². The van der Waals surface area contributed by atoms with Gasteiger partial charge in [0.25, 0.3) is 0 Å². The van der Waals surface area contributed by atoms with E-state index < -0.39 is 0 Å². The standard InChI is InChI=1S/C47H32N2O/c1-31-48-43-24-12-23-42(47(43)50-31)37-20-11-19-36(28-37)41-26-25-32-13-8-9-22-40(32)46(41)38-21-10-18-35(27-38)39-29-44(33-14-4-2-5-15-33)49-45(30-39)34-16-6-3-7-17-34/h2-30H,1H3. The maximum Gasteiger partial charge on any atom is 0.192 e. The van der Waals surface area contributed by atoms with E-state index in [4.69, 9.17) is 9.40 Å². The molecule has 7 aromatic carbocycles. The number of oxazole rings is 1. The van der Waals surface area contributed by atoms with Gasteiger partial charge >= 0.3 is 0 Å². The molecule has 50 heavy (non-hydrogen) atoms. The van der Waals surface area contributed by atoms with E-state index in [9.17, 15) is 0 Å². The predicted molar refractivity (Wildman–Crippen MR) is 207 cm³/mol. The van der Waals surface area contributed by atoms with Gasteiger partial charge in [0.2, 0.25) is 0 Å². The average Bonchev–Trinajstić information content (AvgIpc) is 3.58. The number of nitrogens with zero attached hydrogens (tertiary/aromatic N) is 2. The van der Waals surface area contributed by atoms with Crippen LogP contribution in [0.3, 0.4) is 0 Å². The number of pyridine rings is 1. The molecule has 236 valence electrons. The highest BCUT2D eigenvalue weighted by atomic mass is 16.3. The lowest BCUT2D eigenvalue weighted by molar-refractivity contribution is 0.562. The number of benzene rings is 7. The Hall–Kier alpha value is -6.58. The summed E-state index contributed by atoms with van der Waals surface area (Å²) in [7, 11) is 0. The number of hydrogen-bond donors (Lipinski definition) is 0. The maximum absolute atomic E-state index is 6.06. The third-order valence-electron chi connectivity index (χ3n) is 9.38. The van der Waals surface area contributed by atoms with Gasteiger partial charge in [-0.15, -0.1) is 0 Å². The van der Waals surface area contributed by atoms with Gasteiger partial charge in [0.1, 0.15) is 5.52 Å². The van der Waals surface area contributed by atoms with Crippen molar-refractivity contribution in [3.05, 3.63) is 182 Å². The van der Waals surface area contributed by atoms with Crippen molar-refractivity contribution in [2.75, 3.05) is 0 Å². The number of aromatic nitrogens is 2. The van der Waals surface area contributed by atoms with Crippen LogP contribution in [0, 0.1) is 6.92 Å². The summed E-state index contributed by atoms with van der Waals surface area (Å²) in [4.78, 5) is 9.69. The third-order valence-corrected chi connectivity index (χ3v) is 9.38. The van der Waals surface area contributed by atoms with Crippen LogP contribution in [-0.4, -0.2) is 9.97 Å². The molecular formula is C47H32N2O. The minimum atomic E-state index is 0.668. The van der Waals surface area contributed by atoms with Crippen molar-refractivity contribution in [2.45, 2.75) is 6.92 Å². The van der Waals surface area contributed by atoms with E-state index in [0.29, 0.717) is 5.89 Å². The molecule has 0 spiro atoms. The molecule has 3 nitrogen and oxygen atoms in total. The first kappa shape index (κ1) is 29.6. The SMILES string of the molecule is Cc1nc2cccc(-c3cccc(-c4ccc5ccccc5c4-c4cccc(-c5cc(-c6ccccc6)nc(-c6ccccc6)c5)c4)c3)c2o1. The molecule has 2 aromatic heterocycles. The summed E-state index contributed by atoms with van der Waals surface area (Å²) in [6, 6.07) is 62.2. The van der Waals surface area contributed by atoms with Crippen LogP contribution in [0.1, 0.15) is 5.89 Å². The second kappa shape index (κ2) is 12.5. The van der Waals surface area contributed by atoms with Gasteiger partial charge in [-0.2, -0.15) is 0 Å². The summed E-state index contributed by atoms with van der Waals surface area (Å²) < 4.78 is 6.06. The lowest BCUT2D eigenvalue weighted by Crippen LogP contribution is -1.92. The number of para-hydroxylation sites is 1. The van der Waals surface area contributed by atoms with Gasteiger partial charge in [-0.1, -0.05) is 146 Å². The summed E-state index contributed by atoms with van der Waals surface area (Å²) >= 11 is 0. The van der Waals surface area contributed by atoms with E-state index in [2.05, 4.69) is 157 Å². The molecule has 0 amide bonds. The summed E-state index contributed by atoms with van der Waals surface area (Å²) in [5, 5.41) is 2.42. The molecule has 0 aliphatic carbocycles. The summed E-state index contributed by atoms with van der Waals surface area (Å²) in [6.07, 6.45) is 0. The Balaban J connectivity index is 1.22. The highest BCUT2D eigenvalue weighted by Crippen LogP contribution is 2.41. The number of rotatable bonds is 6. The maximum atomic E-state index is 6.06. The van der Waals surface area contributed by atoms with Crippen LogP contribution in [0.4, 0.5) is 0 Å². The number of aryl methyl sites for hydroxylation is 1. The van der Waals surface area contributed by atoms with Crippen molar-refractivity contribution in [1.82, 2.24) is 9.97 Å². The summed E-state index contributed by atoms with van der Waals surface area (Å²) in [6.45, 7) is 1.90. The first-order chi connectivity index (χ1) is 24.7. The molecular weight excluding hydrogens is 609 g/mol. The van der Waals surface area contributed by atoms with Crippen molar-refractivity contribution in [3.8, 4) is 67.0 Å². The molecule has 0 fully saturated rings. The molecule has 0 aliphatic rings. The zero-order valence-electron chi connectivity index (χ0n) is 27.5. The van der Waals surface area contributed by atoms with E-state index in [-0.39, 0.29) is 0 Å². The van der Waals surface area contributed by atoms with Crippen molar-refractivity contribution in [2.24, 2.45) is 0 Å². The Bertz CT molecular complexity index is 2600. The zero-order chi connectivity index (χ0) is 33.4. The molecule has 0 N–H and O–H groups in total. The van der Waals surface area contributed by atoms with Crippen LogP contribution in [0.15, 0.2) is 180 Å². The van der Waals surface area contributed by atoms with Crippen molar-refractivity contribution in [3.63, 3.8) is 0 Å². The van der Waals surface area contributed by atoms with Crippen LogP contribution in [0.2, 0.25) is 0 Å². The first-order valence-electron chi connectivity index (χ1n) is 16.9. The second-order valence-corrected chi connectivity index (χ2v) is 12.6. The number of hydrogen-bond acceptors (Lipinski definition) is 3. The normalized spacial score (nSPS) is 11.3. The molecule has 0 bridgehead atoms. The van der Waals surface area contributed by atoms with E-state index in [1.807, 2.05) is 31.2 Å². The molecule has 3 heteroatoms. The Morgan fingerprint density at radius 1 is 0.400 bits per heavy atom. The molecule has 9 aromatic rings. The molecule has 9 rings (SSSR count). The minimum Gasteiger partial charge on any atom is -0.440 e. The predicted octanol–water partition coefficient (Wildman–Crippen LogP) is 12.7. The van der Waals surface area contributed by atoms with Gasteiger partial charge in [-0.25, -0.2) is 9.97 Å². The van der Waals surface area contributed by atoms with Crippen molar-refractivity contribution in [1.29, 1.82) is 0 Å². The summed E-state index contributed by atoms with van der Waals surface area (Å²) in [5.41, 5.74) is 14.8. The topological polar surface area (TPSA) is 38.9 Å². The quantitative estimate of drug-likeness (QED) is 0.182. The monoisotopic (exact) mass is 640 g/mol. The highest BCUT2D eigenvalue weighted by molar-refractivity contribution is 6.05. The second-order valence-electron chi connectivity index (χ2n) is 12.6. The third kappa shape index (κ3) is 5.45. The fourth-order valence-electron chi connectivity index (χ4n) is 7.03. The lowest BCUT2D eigenvalue weighted by Gasteiger charge is -2.16. The molecule has 0 unspecified atom stereocenters. The largest absolute Gasteiger partial charge is 0.440 e. The van der Waals surface area contributed by atoms with Crippen molar-refractivity contribution >= 4 is 21.9 Å². The Morgan fingerprint density at radius 2 is 0.980 bits per heavy atom. The van der Waals surface area contributed by atoms with Crippen LogP contribution in [-0.2, 0) is 0 Å². The van der Waals surface area contributed by atoms with Gasteiger partial charge in [-0.3, -0.25) is 0 Å². The van der Waals surface area contributed by atoms with Crippen LogP contribution < -0.4 is 0 Å². The molecule has 2 heterocycles. The Morgan fingerprint density at radius 3 is 1.72 bits per heavy atom. The minimum absolute atomic E-state index is 0.668. The molecule has 0 radical (unpaired) electrons. The number of fused-ring (bicyclic) bond motifs is 2. The van der Waals surface area contributed by atoms with Crippen LogP contribution in [0.5, 0.6) is 0 Å². The molecule has 0 saturated heterocycles. The average molecular weight is 641 g/mol. The molecule has 0 aliphatic heterocycles. The van der Waals surface area contributed by atoms with Gasteiger partial charge in [0.05, 0.1) is 11.4 Å². The highest BCUT2D eigenvalue weighted by Gasteiger charge is 2.16. The Kier molecular flexibility index (Phi) is 7.37. The molecule has 0 atom stereocenters. The fraction of sp³-hybridized carbons (Fsp3) is 0.0213. The van der Waals surface area contributed by atoms with E-state index >= 15 is 0 Å². The van der Waals surface area contributed by atoms with Crippen molar-refractivity contribution < 1.29 is 4.42 Å². The fourth-order valence-corrected chi connectivity index (χ4v) is 7.03. The smallest absolute Gasteiger partial charge is 0.192 e. The van der Waals surface area contributed by atoms with Gasteiger partial charge in [0, 0.05) is 23.6 Å². The van der Waals surface area contributed by atoms with Gasteiger partial charge in [-0.05, 0) is 80.0 Å². The zero-order valence-corrected chi connectivity index (χ0v) is 27.5. The van der Waals surface area contributed by atoms with Crippen LogP contribution >= 0.6 is 0 Å². The van der Waals surface area contributed by atoms with Gasteiger partial charge < -0.3 is 4.42 Å². The first-order valence-corrected chi connectivity index (χ1v) is 16.9. The van der Waals surface area contributed by atoms with E-state index in [0.717, 1.165) is 67.0 Å². The summed E-state index contributed by atoms with van der Waals surface area (Å²) in [5.74, 6) is 0.668. The molecule has 0 saturated carbocycles. The van der Waals surface area contributed by atoms with Gasteiger partial charge in [0.15, 0.2) is 11.5 Å². The van der Waals surface area contributed by atoms with E-state index in [1.165, 1.54) is 21.9 Å². The Labute approximate surface area is 291 Å². The lowest BCUT2D eigenvalue weighted by atomic mass is 9.87.